The van der Waals surface area contributed by atoms with E-state index < -0.39 is 0 Å². The molecule has 2 fully saturated rings. The van der Waals surface area contributed by atoms with Gasteiger partial charge >= 0.3 is 5.97 Å². The third kappa shape index (κ3) is 2.35. The first-order chi connectivity index (χ1) is 7.11. The monoisotopic (exact) mass is 210 g/mol. The number of carbonyl (C=O) groups is 1. The highest BCUT2D eigenvalue weighted by Crippen LogP contribution is 2.41. The first-order valence-corrected chi connectivity index (χ1v) is 6.33. The molecule has 0 bridgehead atoms. The zero-order valence-electron chi connectivity index (χ0n) is 9.92. The molecule has 1 spiro atoms. The number of esters is 1. The molecule has 2 aliphatic rings. The summed E-state index contributed by atoms with van der Waals surface area (Å²) in [7, 11) is 0. The van der Waals surface area contributed by atoms with Gasteiger partial charge in [-0.25, -0.2) is 0 Å². The molecule has 2 atom stereocenters. The van der Waals surface area contributed by atoms with Crippen LogP contribution in [0.5, 0.6) is 0 Å². The van der Waals surface area contributed by atoms with Gasteiger partial charge in [0.05, 0.1) is 0 Å². The summed E-state index contributed by atoms with van der Waals surface area (Å²) < 4.78 is 5.56. The normalized spacial score (nSPS) is 37.0. The van der Waals surface area contributed by atoms with Crippen molar-refractivity contribution >= 4 is 5.97 Å². The lowest BCUT2D eigenvalue weighted by Crippen LogP contribution is -2.27. The van der Waals surface area contributed by atoms with Crippen LogP contribution in [0.25, 0.3) is 0 Å². The van der Waals surface area contributed by atoms with Crippen molar-refractivity contribution in [3.05, 3.63) is 0 Å². The Hall–Kier alpha value is -0.530. The minimum atomic E-state index is -0.0548. The quantitative estimate of drug-likeness (QED) is 0.621. The molecule has 0 radical (unpaired) electrons. The molecule has 0 aromatic carbocycles. The largest absolute Gasteiger partial charge is 0.459 e. The Kier molecular flexibility index (Phi) is 3.03. The summed E-state index contributed by atoms with van der Waals surface area (Å²) in [4.78, 5) is 11.2. The Morgan fingerprint density at radius 2 is 2.07 bits per heavy atom. The minimum absolute atomic E-state index is 0.0259. The van der Waals surface area contributed by atoms with Crippen LogP contribution in [0.3, 0.4) is 0 Å². The number of hydrogen-bond acceptors (Lipinski definition) is 2. The fourth-order valence-electron chi connectivity index (χ4n) is 3.10. The highest BCUT2D eigenvalue weighted by molar-refractivity contribution is 5.72. The van der Waals surface area contributed by atoms with Gasteiger partial charge in [-0.15, -0.1) is 0 Å². The fourth-order valence-corrected chi connectivity index (χ4v) is 3.10. The molecule has 0 aromatic heterocycles. The maximum atomic E-state index is 11.2. The molecule has 0 amide bonds. The van der Waals surface area contributed by atoms with Crippen molar-refractivity contribution in [3.8, 4) is 0 Å². The van der Waals surface area contributed by atoms with E-state index in [9.17, 15) is 4.79 Å². The number of carbonyl (C=O) groups excluding carboxylic acids is 1. The minimum Gasteiger partial charge on any atom is -0.459 e. The maximum absolute atomic E-state index is 11.2. The topological polar surface area (TPSA) is 26.3 Å². The third-order valence-electron chi connectivity index (χ3n) is 4.24. The molecule has 2 unspecified atom stereocenters. The van der Waals surface area contributed by atoms with E-state index in [0.29, 0.717) is 6.42 Å². The zero-order valence-corrected chi connectivity index (χ0v) is 9.92. The molecule has 86 valence electrons. The predicted octanol–water partition coefficient (Wildman–Crippen LogP) is 3.30. The summed E-state index contributed by atoms with van der Waals surface area (Å²) in [5.74, 6) is 1.64. The summed E-state index contributed by atoms with van der Waals surface area (Å²) in [5, 5.41) is 0. The summed E-state index contributed by atoms with van der Waals surface area (Å²) in [6.45, 7) is 4.62. The van der Waals surface area contributed by atoms with Gasteiger partial charge in [0.15, 0.2) is 0 Å². The van der Waals surface area contributed by atoms with Crippen LogP contribution in [0.4, 0.5) is 0 Å². The van der Waals surface area contributed by atoms with Crippen LogP contribution in [0.2, 0.25) is 0 Å². The third-order valence-corrected chi connectivity index (χ3v) is 4.24. The smallest absolute Gasteiger partial charge is 0.306 e. The van der Waals surface area contributed by atoms with E-state index in [0.717, 1.165) is 31.1 Å². The Bertz CT molecular complexity index is 247. The molecule has 0 N–H and O–H groups in total. The summed E-state index contributed by atoms with van der Waals surface area (Å²) in [6, 6.07) is 0. The zero-order chi connectivity index (χ0) is 10.9. The molecule has 1 heterocycles. The van der Waals surface area contributed by atoms with Crippen molar-refractivity contribution in [1.29, 1.82) is 0 Å². The molecule has 1 aliphatic carbocycles. The van der Waals surface area contributed by atoms with E-state index in [1.165, 1.54) is 19.3 Å². The number of ether oxygens (including phenoxy) is 1. The van der Waals surface area contributed by atoms with E-state index in [-0.39, 0.29) is 11.6 Å². The van der Waals surface area contributed by atoms with E-state index >= 15 is 0 Å². The van der Waals surface area contributed by atoms with Crippen molar-refractivity contribution in [3.63, 3.8) is 0 Å². The van der Waals surface area contributed by atoms with Crippen LogP contribution < -0.4 is 0 Å². The van der Waals surface area contributed by atoms with E-state index in [2.05, 4.69) is 13.8 Å². The molecule has 0 aromatic rings. The van der Waals surface area contributed by atoms with E-state index in [4.69, 9.17) is 4.74 Å². The van der Waals surface area contributed by atoms with Gasteiger partial charge < -0.3 is 4.74 Å². The van der Waals surface area contributed by atoms with Crippen LogP contribution in [-0.4, -0.2) is 11.6 Å². The summed E-state index contributed by atoms with van der Waals surface area (Å²) >= 11 is 0. The van der Waals surface area contributed by atoms with Gasteiger partial charge in [0.1, 0.15) is 5.60 Å². The molecule has 2 heteroatoms. The molecule has 1 saturated heterocycles. The molecule has 2 rings (SSSR count). The number of rotatable bonds is 1. The van der Waals surface area contributed by atoms with Crippen molar-refractivity contribution in [1.82, 2.24) is 0 Å². The standard InChI is InChI=1S/C13H22O2/c1-10(2)11-4-3-7-13(8-5-11)9-6-12(14)15-13/h10-11H,3-9H2,1-2H3. The molecular weight excluding hydrogens is 188 g/mol. The predicted molar refractivity (Wildman–Crippen MR) is 59.5 cm³/mol. The lowest BCUT2D eigenvalue weighted by atomic mass is 9.87. The highest BCUT2D eigenvalue weighted by atomic mass is 16.6. The van der Waals surface area contributed by atoms with Gasteiger partial charge in [-0.2, -0.15) is 0 Å². The van der Waals surface area contributed by atoms with Crippen LogP contribution in [-0.2, 0) is 9.53 Å². The van der Waals surface area contributed by atoms with Gasteiger partial charge in [-0.05, 0) is 43.9 Å². The lowest BCUT2D eigenvalue weighted by Gasteiger charge is -2.26. The second-order valence-electron chi connectivity index (χ2n) is 5.59. The molecular formula is C13H22O2. The van der Waals surface area contributed by atoms with E-state index in [1.807, 2.05) is 0 Å². The first-order valence-electron chi connectivity index (χ1n) is 6.33. The molecule has 1 aliphatic heterocycles. The van der Waals surface area contributed by atoms with Crippen molar-refractivity contribution in [2.45, 2.75) is 64.4 Å². The molecule has 15 heavy (non-hydrogen) atoms. The van der Waals surface area contributed by atoms with Crippen LogP contribution in [0.15, 0.2) is 0 Å². The first kappa shape index (κ1) is 11.0. The van der Waals surface area contributed by atoms with Gasteiger partial charge in [0.2, 0.25) is 0 Å². The van der Waals surface area contributed by atoms with Crippen LogP contribution in [0, 0.1) is 11.8 Å². The van der Waals surface area contributed by atoms with Crippen molar-refractivity contribution in [2.24, 2.45) is 11.8 Å². The van der Waals surface area contributed by atoms with Crippen molar-refractivity contribution in [2.75, 3.05) is 0 Å². The Morgan fingerprint density at radius 1 is 1.27 bits per heavy atom. The second-order valence-corrected chi connectivity index (χ2v) is 5.59. The van der Waals surface area contributed by atoms with Gasteiger partial charge in [-0.3, -0.25) is 4.79 Å². The second kappa shape index (κ2) is 4.15. The summed E-state index contributed by atoms with van der Waals surface area (Å²) in [5.41, 5.74) is -0.0548. The maximum Gasteiger partial charge on any atom is 0.306 e. The molecule has 1 saturated carbocycles. The Balaban J connectivity index is 1.98. The van der Waals surface area contributed by atoms with Crippen LogP contribution >= 0.6 is 0 Å². The fraction of sp³-hybridized carbons (Fsp3) is 0.923. The van der Waals surface area contributed by atoms with Gasteiger partial charge in [0.25, 0.3) is 0 Å². The highest BCUT2D eigenvalue weighted by Gasteiger charge is 2.41. The Labute approximate surface area is 92.4 Å². The SMILES string of the molecule is CC(C)C1CCCC2(CCC(=O)O2)CC1. The lowest BCUT2D eigenvalue weighted by molar-refractivity contribution is -0.149. The van der Waals surface area contributed by atoms with Gasteiger partial charge in [0, 0.05) is 6.42 Å². The van der Waals surface area contributed by atoms with Crippen molar-refractivity contribution < 1.29 is 9.53 Å². The Morgan fingerprint density at radius 3 is 2.67 bits per heavy atom. The summed E-state index contributed by atoms with van der Waals surface area (Å²) in [6.07, 6.45) is 7.60. The average molecular weight is 210 g/mol. The van der Waals surface area contributed by atoms with Gasteiger partial charge in [-0.1, -0.05) is 20.3 Å². The average Bonchev–Trinajstić information content (AvgIpc) is 2.43. The number of hydrogen-bond donors (Lipinski definition) is 0. The van der Waals surface area contributed by atoms with Crippen LogP contribution in [0.1, 0.15) is 58.8 Å². The van der Waals surface area contributed by atoms with E-state index in [1.54, 1.807) is 0 Å². The molecule has 2 nitrogen and oxygen atoms in total.